The summed E-state index contributed by atoms with van der Waals surface area (Å²) in [4.78, 5) is 27.9. The number of nitrogens with one attached hydrogen (secondary N) is 1. The molecule has 0 aromatic heterocycles. The minimum atomic E-state index is -0.385. The Morgan fingerprint density at radius 3 is 2.37 bits per heavy atom. The molecule has 2 amide bonds. The molecule has 0 spiro atoms. The highest BCUT2D eigenvalue weighted by Gasteiger charge is 2.44. The minimum absolute atomic E-state index is 0.158. The van der Waals surface area contributed by atoms with Crippen LogP contribution in [0.25, 0.3) is 0 Å². The van der Waals surface area contributed by atoms with Gasteiger partial charge in [-0.15, -0.1) is 0 Å². The molecule has 0 radical (unpaired) electrons. The second kappa shape index (κ2) is 9.63. The molecule has 2 aromatic rings. The second-order valence-corrected chi connectivity index (χ2v) is 7.29. The highest BCUT2D eigenvalue weighted by Crippen LogP contribution is 2.28. The quantitative estimate of drug-likeness (QED) is 0.631. The van der Waals surface area contributed by atoms with Crippen molar-refractivity contribution in [3.05, 3.63) is 48.0 Å². The number of methoxy groups -OCH3 is 2. The molecular weight excluding hydrogens is 384 g/mol. The first-order chi connectivity index (χ1) is 14.5. The van der Waals surface area contributed by atoms with E-state index in [-0.39, 0.29) is 24.3 Å². The second-order valence-electron chi connectivity index (χ2n) is 7.29. The number of rotatable bonds is 9. The summed E-state index contributed by atoms with van der Waals surface area (Å²) < 4.78 is 16.1. The van der Waals surface area contributed by atoms with Crippen LogP contribution in [0.5, 0.6) is 17.2 Å². The maximum Gasteiger partial charge on any atom is 0.292 e. The molecule has 1 unspecified atom stereocenters. The van der Waals surface area contributed by atoms with Crippen molar-refractivity contribution in [1.29, 1.82) is 0 Å². The number of quaternary nitrogens is 1. The molecular formula is C23H29N2O5+. The van der Waals surface area contributed by atoms with Crippen LogP contribution in [0.1, 0.15) is 18.9 Å². The Morgan fingerprint density at radius 2 is 1.73 bits per heavy atom. The number of imide groups is 1. The van der Waals surface area contributed by atoms with E-state index < -0.39 is 0 Å². The molecule has 2 atom stereocenters. The van der Waals surface area contributed by atoms with E-state index in [0.717, 1.165) is 29.2 Å². The predicted octanol–water partition coefficient (Wildman–Crippen LogP) is 1.49. The van der Waals surface area contributed by atoms with Crippen molar-refractivity contribution in [2.45, 2.75) is 25.8 Å². The Bertz CT molecular complexity index is 897. The molecule has 1 aliphatic heterocycles. The third kappa shape index (κ3) is 4.57. The Balaban J connectivity index is 1.65. The molecule has 30 heavy (non-hydrogen) atoms. The molecule has 7 heteroatoms. The summed E-state index contributed by atoms with van der Waals surface area (Å²) in [6, 6.07) is 12.5. The number of carbonyl (C=O) groups excluding carboxylic acids is 2. The number of hydrogen-bond acceptors (Lipinski definition) is 5. The molecule has 1 aliphatic rings. The first kappa shape index (κ1) is 21.6. The van der Waals surface area contributed by atoms with E-state index in [0.29, 0.717) is 23.8 Å². The van der Waals surface area contributed by atoms with Gasteiger partial charge in [-0.1, -0.05) is 6.07 Å². The van der Waals surface area contributed by atoms with Gasteiger partial charge < -0.3 is 19.1 Å². The highest BCUT2D eigenvalue weighted by molar-refractivity contribution is 6.21. The van der Waals surface area contributed by atoms with Gasteiger partial charge in [-0.05, 0) is 48.9 Å². The van der Waals surface area contributed by atoms with Gasteiger partial charge in [0, 0.05) is 6.42 Å². The minimum Gasteiger partial charge on any atom is -0.494 e. The van der Waals surface area contributed by atoms with Gasteiger partial charge in [-0.2, -0.15) is 0 Å². The summed E-state index contributed by atoms with van der Waals surface area (Å²) in [5.74, 6) is 1.76. The van der Waals surface area contributed by atoms with Crippen molar-refractivity contribution in [1.82, 2.24) is 0 Å². The lowest BCUT2D eigenvalue weighted by Crippen LogP contribution is -3.14. The number of likely N-dealkylation sites (N-methyl/N-ethyl adjacent to an activating group) is 1. The van der Waals surface area contributed by atoms with Crippen LogP contribution in [0.15, 0.2) is 42.5 Å². The van der Waals surface area contributed by atoms with Gasteiger partial charge in [0.15, 0.2) is 17.5 Å². The van der Waals surface area contributed by atoms with Gasteiger partial charge in [0.05, 0.1) is 46.5 Å². The Labute approximate surface area is 177 Å². The van der Waals surface area contributed by atoms with E-state index >= 15 is 0 Å². The number of ether oxygens (including phenoxy) is 3. The third-order valence-corrected chi connectivity index (χ3v) is 5.40. The van der Waals surface area contributed by atoms with Crippen molar-refractivity contribution in [3.8, 4) is 17.2 Å². The summed E-state index contributed by atoms with van der Waals surface area (Å²) in [5.41, 5.74) is 1.68. The maximum atomic E-state index is 13.0. The topological polar surface area (TPSA) is 69.5 Å². The first-order valence-electron chi connectivity index (χ1n) is 10.1. The summed E-state index contributed by atoms with van der Waals surface area (Å²) >= 11 is 0. The first-order valence-corrected chi connectivity index (χ1v) is 10.1. The predicted molar refractivity (Wildman–Crippen MR) is 114 cm³/mol. The van der Waals surface area contributed by atoms with Crippen LogP contribution in [-0.2, 0) is 16.0 Å². The Hall–Kier alpha value is -3.06. The number of benzene rings is 2. The highest BCUT2D eigenvalue weighted by atomic mass is 16.5. The average Bonchev–Trinajstić information content (AvgIpc) is 3.06. The Kier molecular flexibility index (Phi) is 6.95. The fraction of sp³-hybridized carbons (Fsp3) is 0.391. The number of hydrogen-bond donors (Lipinski definition) is 1. The number of anilines is 1. The molecule has 7 nitrogen and oxygen atoms in total. The van der Waals surface area contributed by atoms with Crippen LogP contribution >= 0.6 is 0 Å². The van der Waals surface area contributed by atoms with Crippen molar-refractivity contribution in [2.75, 3.05) is 39.3 Å². The van der Waals surface area contributed by atoms with Gasteiger partial charge in [-0.25, -0.2) is 4.90 Å². The zero-order valence-corrected chi connectivity index (χ0v) is 17.9. The van der Waals surface area contributed by atoms with Gasteiger partial charge in [0.1, 0.15) is 5.75 Å². The van der Waals surface area contributed by atoms with E-state index in [9.17, 15) is 9.59 Å². The number of carbonyl (C=O) groups is 2. The third-order valence-electron chi connectivity index (χ3n) is 5.40. The van der Waals surface area contributed by atoms with Crippen LogP contribution < -0.4 is 24.0 Å². The van der Waals surface area contributed by atoms with E-state index in [2.05, 4.69) is 0 Å². The molecule has 160 valence electrons. The van der Waals surface area contributed by atoms with E-state index in [1.165, 1.54) is 4.90 Å². The standard InChI is InChI=1S/C23H28N2O5/c1-5-30-18-9-7-17(8-10-18)25-22(26)15-19(23(25)27)24(2)13-12-16-6-11-20(28-3)21(14-16)29-4/h6-11,14,19H,5,12-13,15H2,1-4H3/p+1/t19-/m1/s1. The van der Waals surface area contributed by atoms with Gasteiger partial charge in [0.2, 0.25) is 5.91 Å². The van der Waals surface area contributed by atoms with Crippen molar-refractivity contribution in [3.63, 3.8) is 0 Å². The summed E-state index contributed by atoms with van der Waals surface area (Å²) in [5, 5.41) is 0. The molecule has 0 aliphatic carbocycles. The molecule has 1 heterocycles. The molecule has 1 N–H and O–H groups in total. The zero-order valence-electron chi connectivity index (χ0n) is 17.9. The zero-order chi connectivity index (χ0) is 21.7. The number of amides is 2. The smallest absolute Gasteiger partial charge is 0.292 e. The molecule has 0 saturated carbocycles. The van der Waals surface area contributed by atoms with E-state index in [1.54, 1.807) is 38.5 Å². The maximum absolute atomic E-state index is 13.0. The van der Waals surface area contributed by atoms with E-state index in [1.807, 2.05) is 32.2 Å². The van der Waals surface area contributed by atoms with Gasteiger partial charge in [-0.3, -0.25) is 9.59 Å². The summed E-state index contributed by atoms with van der Waals surface area (Å²) in [6.45, 7) is 3.19. The van der Waals surface area contributed by atoms with Gasteiger partial charge in [0.25, 0.3) is 5.91 Å². The lowest BCUT2D eigenvalue weighted by Gasteiger charge is -2.20. The van der Waals surface area contributed by atoms with Crippen LogP contribution in [0.2, 0.25) is 0 Å². The fourth-order valence-corrected chi connectivity index (χ4v) is 3.70. The molecule has 1 fully saturated rings. The monoisotopic (exact) mass is 413 g/mol. The molecule has 0 bridgehead atoms. The average molecular weight is 413 g/mol. The van der Waals surface area contributed by atoms with Crippen LogP contribution in [-0.4, -0.2) is 52.3 Å². The van der Waals surface area contributed by atoms with Crippen LogP contribution in [0, 0.1) is 0 Å². The summed E-state index contributed by atoms with van der Waals surface area (Å²) in [6.07, 6.45) is 0.969. The molecule has 3 rings (SSSR count). The SMILES string of the molecule is CCOc1ccc(N2C(=O)C[C@@H]([NH+](C)CCc3ccc(OC)c(OC)c3)C2=O)cc1. The molecule has 2 aromatic carbocycles. The normalized spacial score (nSPS) is 17.2. The van der Waals surface area contributed by atoms with Crippen molar-refractivity contribution >= 4 is 17.5 Å². The van der Waals surface area contributed by atoms with Crippen molar-refractivity contribution in [2.24, 2.45) is 0 Å². The largest absolute Gasteiger partial charge is 0.494 e. The Morgan fingerprint density at radius 1 is 1.03 bits per heavy atom. The number of nitrogens with zero attached hydrogens (tertiary/aromatic N) is 1. The van der Waals surface area contributed by atoms with Crippen LogP contribution in [0.4, 0.5) is 5.69 Å². The lowest BCUT2D eigenvalue weighted by atomic mass is 10.1. The van der Waals surface area contributed by atoms with Gasteiger partial charge >= 0.3 is 0 Å². The summed E-state index contributed by atoms with van der Waals surface area (Å²) in [7, 11) is 5.17. The molecule has 1 saturated heterocycles. The van der Waals surface area contributed by atoms with Crippen LogP contribution in [0.3, 0.4) is 0 Å². The lowest BCUT2D eigenvalue weighted by molar-refractivity contribution is -0.894. The van der Waals surface area contributed by atoms with Crippen molar-refractivity contribution < 1.29 is 28.7 Å². The van der Waals surface area contributed by atoms with E-state index in [4.69, 9.17) is 14.2 Å². The fourth-order valence-electron chi connectivity index (χ4n) is 3.70.